The third-order valence-electron chi connectivity index (χ3n) is 2.95. The highest BCUT2D eigenvalue weighted by atomic mass is 16.3. The Hall–Kier alpha value is -1.29. The van der Waals surface area contributed by atoms with Gasteiger partial charge in [0.25, 0.3) is 0 Å². The fourth-order valence-corrected chi connectivity index (χ4v) is 2.28. The van der Waals surface area contributed by atoms with Gasteiger partial charge in [-0.25, -0.2) is 0 Å². The standard InChI is InChI=1S/C15H26N2O2/c1-11(2)7-17(8-12(3)4)9-13-6-14(18)15(19)10-16(13)5/h6,10-12,19H,7-9H2,1-5H3. The zero-order valence-electron chi connectivity index (χ0n) is 12.7. The summed E-state index contributed by atoms with van der Waals surface area (Å²) < 4.78 is 1.82. The lowest BCUT2D eigenvalue weighted by atomic mass is 10.1. The van der Waals surface area contributed by atoms with Crippen LogP contribution >= 0.6 is 0 Å². The second-order valence-electron chi connectivity index (χ2n) is 6.11. The molecule has 0 fully saturated rings. The second-order valence-corrected chi connectivity index (χ2v) is 6.11. The molecular formula is C15H26N2O2. The van der Waals surface area contributed by atoms with Crippen molar-refractivity contribution in [3.63, 3.8) is 0 Å². The van der Waals surface area contributed by atoms with Gasteiger partial charge in [0.1, 0.15) is 0 Å². The van der Waals surface area contributed by atoms with Gasteiger partial charge in [0.2, 0.25) is 5.43 Å². The topological polar surface area (TPSA) is 45.5 Å². The van der Waals surface area contributed by atoms with E-state index in [1.165, 1.54) is 12.3 Å². The van der Waals surface area contributed by atoms with Crippen LogP contribution in [0.1, 0.15) is 33.4 Å². The van der Waals surface area contributed by atoms with Gasteiger partial charge in [-0.15, -0.1) is 0 Å². The molecule has 1 heterocycles. The van der Waals surface area contributed by atoms with Crippen LogP contribution in [-0.4, -0.2) is 27.7 Å². The zero-order valence-corrected chi connectivity index (χ0v) is 12.7. The molecule has 0 amide bonds. The summed E-state index contributed by atoms with van der Waals surface area (Å²) in [6.07, 6.45) is 1.49. The highest BCUT2D eigenvalue weighted by Gasteiger charge is 2.12. The van der Waals surface area contributed by atoms with Gasteiger partial charge in [-0.1, -0.05) is 27.7 Å². The van der Waals surface area contributed by atoms with Crippen molar-refractivity contribution in [3.8, 4) is 5.75 Å². The van der Waals surface area contributed by atoms with E-state index >= 15 is 0 Å². The summed E-state index contributed by atoms with van der Waals surface area (Å²) >= 11 is 0. The minimum Gasteiger partial charge on any atom is -0.503 e. The molecule has 1 aromatic rings. The Morgan fingerprint density at radius 2 is 1.74 bits per heavy atom. The van der Waals surface area contributed by atoms with Crippen molar-refractivity contribution in [2.45, 2.75) is 34.2 Å². The highest BCUT2D eigenvalue weighted by Crippen LogP contribution is 2.10. The van der Waals surface area contributed by atoms with Crippen LogP contribution in [0.4, 0.5) is 0 Å². The second kappa shape index (κ2) is 6.75. The van der Waals surface area contributed by atoms with Gasteiger partial charge in [0.15, 0.2) is 5.75 Å². The summed E-state index contributed by atoms with van der Waals surface area (Å²) in [4.78, 5) is 13.9. The first-order valence-corrected chi connectivity index (χ1v) is 6.90. The van der Waals surface area contributed by atoms with E-state index < -0.39 is 0 Å². The number of pyridine rings is 1. The zero-order chi connectivity index (χ0) is 14.6. The van der Waals surface area contributed by atoms with Gasteiger partial charge in [-0.05, 0) is 11.8 Å². The van der Waals surface area contributed by atoms with Crippen molar-refractivity contribution in [3.05, 3.63) is 28.2 Å². The predicted octanol–water partition coefficient (Wildman–Crippen LogP) is 2.20. The highest BCUT2D eigenvalue weighted by molar-refractivity contribution is 5.20. The Morgan fingerprint density at radius 3 is 2.21 bits per heavy atom. The molecule has 4 nitrogen and oxygen atoms in total. The van der Waals surface area contributed by atoms with E-state index in [0.717, 1.165) is 25.3 Å². The Bertz CT molecular complexity index is 454. The van der Waals surface area contributed by atoms with Crippen molar-refractivity contribution in [1.82, 2.24) is 9.47 Å². The van der Waals surface area contributed by atoms with Crippen LogP contribution in [-0.2, 0) is 13.6 Å². The smallest absolute Gasteiger partial charge is 0.223 e. The molecule has 0 aliphatic heterocycles. The molecule has 0 aromatic carbocycles. The minimum absolute atomic E-state index is 0.189. The fourth-order valence-electron chi connectivity index (χ4n) is 2.28. The first-order valence-electron chi connectivity index (χ1n) is 6.90. The summed E-state index contributed by atoms with van der Waals surface area (Å²) in [6.45, 7) is 11.5. The average molecular weight is 266 g/mol. The Kier molecular flexibility index (Phi) is 5.60. The summed E-state index contributed by atoms with van der Waals surface area (Å²) in [6, 6.07) is 1.53. The molecule has 0 bridgehead atoms. The lowest BCUT2D eigenvalue weighted by Gasteiger charge is -2.26. The van der Waals surface area contributed by atoms with Crippen molar-refractivity contribution in [1.29, 1.82) is 0 Å². The van der Waals surface area contributed by atoms with Crippen LogP contribution in [0.5, 0.6) is 5.75 Å². The van der Waals surface area contributed by atoms with Gasteiger partial charge in [-0.3, -0.25) is 9.69 Å². The normalized spacial score (nSPS) is 11.8. The van der Waals surface area contributed by atoms with E-state index in [1.54, 1.807) is 0 Å². The third kappa shape index (κ3) is 5.07. The van der Waals surface area contributed by atoms with E-state index in [2.05, 4.69) is 32.6 Å². The van der Waals surface area contributed by atoms with Crippen LogP contribution in [0.3, 0.4) is 0 Å². The minimum atomic E-state index is -0.304. The Labute approximate surface area is 115 Å². The van der Waals surface area contributed by atoms with Crippen LogP contribution in [0.2, 0.25) is 0 Å². The molecule has 108 valence electrons. The number of rotatable bonds is 6. The lowest BCUT2D eigenvalue weighted by molar-refractivity contribution is 0.207. The summed E-state index contributed by atoms with van der Waals surface area (Å²) in [5.41, 5.74) is 0.631. The van der Waals surface area contributed by atoms with Crippen LogP contribution < -0.4 is 5.43 Å². The summed E-state index contributed by atoms with van der Waals surface area (Å²) in [5.74, 6) is 0.992. The molecule has 1 rings (SSSR count). The van der Waals surface area contributed by atoms with Crippen LogP contribution in [0.15, 0.2) is 17.1 Å². The van der Waals surface area contributed by atoms with E-state index in [4.69, 9.17) is 0 Å². The van der Waals surface area contributed by atoms with Gasteiger partial charge in [0, 0.05) is 44.6 Å². The number of aryl methyl sites for hydroxylation is 1. The molecular weight excluding hydrogens is 240 g/mol. The van der Waals surface area contributed by atoms with Crippen LogP contribution in [0, 0.1) is 11.8 Å². The molecule has 0 spiro atoms. The first kappa shape index (κ1) is 15.8. The quantitative estimate of drug-likeness (QED) is 0.858. The molecule has 1 N–H and O–H groups in total. The van der Waals surface area contributed by atoms with Crippen molar-refractivity contribution in [2.24, 2.45) is 18.9 Å². The molecule has 19 heavy (non-hydrogen) atoms. The number of nitrogens with zero attached hydrogens (tertiary/aromatic N) is 2. The molecule has 0 atom stereocenters. The van der Waals surface area contributed by atoms with Crippen molar-refractivity contribution in [2.75, 3.05) is 13.1 Å². The summed E-state index contributed by atoms with van der Waals surface area (Å²) in [7, 11) is 1.86. The SMILES string of the molecule is CC(C)CN(Cc1cc(=O)c(O)cn1C)CC(C)C. The molecule has 4 heteroatoms. The first-order chi connectivity index (χ1) is 8.79. The molecule has 0 saturated heterocycles. The van der Waals surface area contributed by atoms with E-state index in [-0.39, 0.29) is 11.2 Å². The number of hydrogen-bond acceptors (Lipinski definition) is 3. The fraction of sp³-hybridized carbons (Fsp3) is 0.667. The van der Waals surface area contributed by atoms with Gasteiger partial charge in [-0.2, -0.15) is 0 Å². The molecule has 0 saturated carbocycles. The number of hydrogen-bond donors (Lipinski definition) is 1. The predicted molar refractivity (Wildman–Crippen MR) is 78.3 cm³/mol. The number of aromatic hydroxyl groups is 1. The number of aromatic nitrogens is 1. The van der Waals surface area contributed by atoms with Gasteiger partial charge < -0.3 is 9.67 Å². The van der Waals surface area contributed by atoms with Crippen LogP contribution in [0.25, 0.3) is 0 Å². The van der Waals surface area contributed by atoms with Crippen molar-refractivity contribution >= 4 is 0 Å². The monoisotopic (exact) mass is 266 g/mol. The van der Waals surface area contributed by atoms with Crippen molar-refractivity contribution < 1.29 is 5.11 Å². The van der Waals surface area contributed by atoms with E-state index in [0.29, 0.717) is 11.8 Å². The van der Waals surface area contributed by atoms with Gasteiger partial charge in [0.05, 0.1) is 0 Å². The maximum absolute atomic E-state index is 11.5. The van der Waals surface area contributed by atoms with Gasteiger partial charge >= 0.3 is 0 Å². The third-order valence-corrected chi connectivity index (χ3v) is 2.95. The van der Waals surface area contributed by atoms with E-state index in [9.17, 15) is 9.90 Å². The largest absolute Gasteiger partial charge is 0.503 e. The molecule has 0 unspecified atom stereocenters. The maximum Gasteiger partial charge on any atom is 0.223 e. The van der Waals surface area contributed by atoms with E-state index in [1.807, 2.05) is 11.6 Å². The molecule has 0 aliphatic rings. The Balaban J connectivity index is 2.89. The average Bonchev–Trinajstić information content (AvgIpc) is 2.23. The molecule has 0 aliphatic carbocycles. The molecule has 1 aromatic heterocycles. The molecule has 0 radical (unpaired) electrons. The maximum atomic E-state index is 11.5. The summed E-state index contributed by atoms with van der Waals surface area (Å²) in [5, 5.41) is 9.40. The Morgan fingerprint density at radius 1 is 1.21 bits per heavy atom. The lowest BCUT2D eigenvalue weighted by Crippen LogP contribution is -2.32.